The average molecular weight is 314 g/mol. The van der Waals surface area contributed by atoms with Crippen molar-refractivity contribution in [3.05, 3.63) is 0 Å². The zero-order chi connectivity index (χ0) is 12.9. The van der Waals surface area contributed by atoms with Crippen LogP contribution in [-0.2, 0) is 9.53 Å². The first-order valence-electron chi connectivity index (χ1n) is 4.63. The molecule has 94 valence electrons. The molecule has 1 amide bonds. The summed E-state index contributed by atoms with van der Waals surface area (Å²) in [7, 11) is 0. The van der Waals surface area contributed by atoms with Crippen LogP contribution in [0.2, 0.25) is 5.82 Å². The van der Waals surface area contributed by atoms with E-state index in [2.05, 4.69) is 12.6 Å². The summed E-state index contributed by atoms with van der Waals surface area (Å²) in [5.41, 5.74) is -0.625. The summed E-state index contributed by atoms with van der Waals surface area (Å²) in [5.74, 6) is 0.769. The first-order chi connectivity index (χ1) is 7.22. The van der Waals surface area contributed by atoms with E-state index in [1.165, 1.54) is 3.92 Å². The fourth-order valence-electron chi connectivity index (χ4n) is 0.888. The van der Waals surface area contributed by atoms with Crippen LogP contribution in [0.15, 0.2) is 0 Å². The van der Waals surface area contributed by atoms with Gasteiger partial charge in [0.2, 0.25) is 0 Å². The molecule has 1 atom stereocenters. The van der Waals surface area contributed by atoms with Gasteiger partial charge in [-0.3, -0.25) is 0 Å². The van der Waals surface area contributed by atoms with Gasteiger partial charge in [0.05, 0.1) is 0 Å². The van der Waals surface area contributed by atoms with E-state index >= 15 is 0 Å². The van der Waals surface area contributed by atoms with Gasteiger partial charge in [-0.1, -0.05) is 0 Å². The maximum absolute atomic E-state index is 11.7. The molecule has 0 spiro atoms. The Balaban J connectivity index is 4.71. The Hall–Kier alpha value is -0.391. The van der Waals surface area contributed by atoms with Crippen LogP contribution >= 0.6 is 12.6 Å². The molecule has 0 rings (SSSR count). The van der Waals surface area contributed by atoms with Crippen LogP contribution in [0.1, 0.15) is 20.8 Å². The Morgan fingerprint density at radius 1 is 1.50 bits per heavy atom. The van der Waals surface area contributed by atoms with E-state index in [0.717, 1.165) is 0 Å². The molecule has 0 heterocycles. The van der Waals surface area contributed by atoms with Gasteiger partial charge in [0.15, 0.2) is 0 Å². The van der Waals surface area contributed by atoms with E-state index < -0.39 is 23.7 Å². The topological polar surface area (TPSA) is 66.8 Å². The van der Waals surface area contributed by atoms with Crippen LogP contribution in [0.5, 0.6) is 0 Å². The number of amides is 1. The Labute approximate surface area is 107 Å². The summed E-state index contributed by atoms with van der Waals surface area (Å²) in [4.78, 5) is 22.6. The Bertz CT molecular complexity index is 267. The molecule has 0 radical (unpaired) electrons. The molecule has 1 N–H and O–H groups in total. The molecule has 0 unspecified atom stereocenters. The fraction of sp³-hybridized carbons (Fsp3) is 0.778. The monoisotopic (exact) mass is 315 g/mol. The summed E-state index contributed by atoms with van der Waals surface area (Å²) in [5, 5.41) is 8.93. The zero-order valence-corrected chi connectivity index (χ0v) is 12.4. The van der Waals surface area contributed by atoms with E-state index in [1.54, 1.807) is 26.6 Å². The van der Waals surface area contributed by atoms with Crippen LogP contribution in [0, 0.1) is 0 Å². The summed E-state index contributed by atoms with van der Waals surface area (Å²) >= 11 is 3.65. The normalized spacial score (nSPS) is 13.1. The van der Waals surface area contributed by atoms with Crippen LogP contribution in [-0.4, -0.2) is 53.7 Å². The molecule has 0 aliphatic rings. The molecule has 0 fully saturated rings. The predicted molar refractivity (Wildman–Crippen MR) is 65.0 cm³/mol. The van der Waals surface area contributed by atoms with Crippen molar-refractivity contribution in [2.75, 3.05) is 5.75 Å². The Morgan fingerprint density at radius 3 is 2.25 bits per heavy atom. The van der Waals surface area contributed by atoms with Crippen molar-refractivity contribution in [1.29, 1.82) is 0 Å². The first kappa shape index (κ1) is 15.6. The minimum absolute atomic E-state index is 0.0736. The van der Waals surface area contributed by atoms with Crippen molar-refractivity contribution in [3.8, 4) is 0 Å². The number of carbonyl (C=O) groups is 2. The first-order valence-corrected chi connectivity index (χ1v) is 7.74. The number of carboxylic acids is 1. The van der Waals surface area contributed by atoms with Gasteiger partial charge in [-0.15, -0.1) is 0 Å². The van der Waals surface area contributed by atoms with Crippen molar-refractivity contribution in [3.63, 3.8) is 0 Å². The average Bonchev–Trinajstić information content (AvgIpc) is 2.09. The predicted octanol–water partition coefficient (Wildman–Crippen LogP) is 1.27. The second-order valence-corrected chi connectivity index (χ2v) is 5.98. The molecule has 7 heteroatoms. The van der Waals surface area contributed by atoms with E-state index in [9.17, 15) is 9.59 Å². The molecule has 0 saturated carbocycles. The molecule has 16 heavy (non-hydrogen) atoms. The molecular formula is C9H17NO4SSe. The molecule has 0 aromatic heterocycles. The molecular weight excluding hydrogens is 297 g/mol. The van der Waals surface area contributed by atoms with Crippen LogP contribution in [0.25, 0.3) is 0 Å². The summed E-state index contributed by atoms with van der Waals surface area (Å²) in [6, 6.07) is -0.928. The molecule has 0 bridgehead atoms. The number of rotatable bonds is 4. The summed E-state index contributed by atoms with van der Waals surface area (Å²) in [6.07, 6.45) is -0.601. The van der Waals surface area contributed by atoms with Crippen molar-refractivity contribution in [1.82, 2.24) is 3.92 Å². The van der Waals surface area contributed by atoms with E-state index in [0.29, 0.717) is 0 Å². The van der Waals surface area contributed by atoms with Crippen molar-refractivity contribution in [2.24, 2.45) is 0 Å². The Morgan fingerprint density at radius 2 is 2.00 bits per heavy atom. The summed E-state index contributed by atoms with van der Waals surface area (Å²) < 4.78 is 6.34. The third-order valence-electron chi connectivity index (χ3n) is 1.51. The van der Waals surface area contributed by atoms with Crippen LogP contribution < -0.4 is 0 Å². The molecule has 0 aromatic rings. The number of hydrogen-bond donors (Lipinski definition) is 2. The number of carboxylic acid groups (broad SMARTS) is 1. The van der Waals surface area contributed by atoms with E-state index in [1.807, 2.05) is 0 Å². The minimum atomic E-state index is -1.07. The van der Waals surface area contributed by atoms with Gasteiger partial charge in [-0.05, 0) is 0 Å². The maximum atomic E-state index is 11.7. The third-order valence-corrected chi connectivity index (χ3v) is 3.53. The van der Waals surface area contributed by atoms with Gasteiger partial charge < -0.3 is 0 Å². The van der Waals surface area contributed by atoms with Gasteiger partial charge in [-0.25, -0.2) is 0 Å². The van der Waals surface area contributed by atoms with Crippen molar-refractivity contribution in [2.45, 2.75) is 38.2 Å². The van der Waals surface area contributed by atoms with Gasteiger partial charge in [0, 0.05) is 0 Å². The van der Waals surface area contributed by atoms with Gasteiger partial charge in [0.1, 0.15) is 0 Å². The van der Waals surface area contributed by atoms with Crippen molar-refractivity contribution < 1.29 is 19.4 Å². The Kier molecular flexibility index (Phi) is 6.22. The number of thiol groups is 1. The number of nitrogens with zero attached hydrogens (tertiary/aromatic N) is 1. The van der Waals surface area contributed by atoms with Crippen LogP contribution in [0.3, 0.4) is 0 Å². The molecule has 0 aliphatic heterocycles. The fourth-order valence-corrected chi connectivity index (χ4v) is 2.73. The standard InChI is InChI=1S/C9H17NO4SSe/c1-9(2,3)14-8(13)10(16-4)6(5-15)7(11)12/h6,15H,5H2,1-4H3,(H,11,12)/t6-/m0/s1. The molecule has 0 saturated heterocycles. The van der Waals surface area contributed by atoms with Gasteiger partial charge in [-0.2, -0.15) is 0 Å². The third kappa shape index (κ3) is 5.09. The number of hydrogen-bond acceptors (Lipinski definition) is 4. The molecule has 0 aromatic carbocycles. The zero-order valence-electron chi connectivity index (χ0n) is 9.76. The number of ether oxygens (including phenoxy) is 1. The van der Waals surface area contributed by atoms with E-state index in [-0.39, 0.29) is 20.9 Å². The van der Waals surface area contributed by atoms with Crippen LogP contribution in [0.4, 0.5) is 4.79 Å². The van der Waals surface area contributed by atoms with Crippen molar-refractivity contribution >= 4 is 39.9 Å². The van der Waals surface area contributed by atoms with E-state index in [4.69, 9.17) is 9.84 Å². The molecule has 5 nitrogen and oxygen atoms in total. The second kappa shape index (κ2) is 6.37. The quantitative estimate of drug-likeness (QED) is 0.606. The second-order valence-electron chi connectivity index (χ2n) is 4.03. The van der Waals surface area contributed by atoms with Gasteiger partial charge in [0.25, 0.3) is 0 Å². The van der Waals surface area contributed by atoms with Gasteiger partial charge >= 0.3 is 107 Å². The number of aliphatic carboxylic acids is 1. The number of carbonyl (C=O) groups excluding carboxylic acids is 1. The molecule has 0 aliphatic carbocycles. The summed E-state index contributed by atoms with van der Waals surface area (Å²) in [6.45, 7) is 5.21. The SMILES string of the molecule is C[Se]N(C(=O)OC(C)(C)C)[C@@H](CS)C(=O)O.